The summed E-state index contributed by atoms with van der Waals surface area (Å²) in [6, 6.07) is 1.42. The minimum atomic E-state index is -0.508. The van der Waals surface area contributed by atoms with Crippen LogP contribution >= 0.6 is 11.8 Å². The Morgan fingerprint density at radius 2 is 2.53 bits per heavy atom. The molecule has 15 heavy (non-hydrogen) atoms. The van der Waals surface area contributed by atoms with E-state index >= 15 is 0 Å². The maximum Gasteiger partial charge on any atom is 0.322 e. The highest BCUT2D eigenvalue weighted by molar-refractivity contribution is 7.98. The summed E-state index contributed by atoms with van der Waals surface area (Å²) in [4.78, 5) is 11.0. The summed E-state index contributed by atoms with van der Waals surface area (Å²) in [5, 5.41) is 0. The molecule has 0 aromatic carbocycles. The number of rotatable bonds is 6. The summed E-state index contributed by atoms with van der Waals surface area (Å²) in [6.45, 7) is 0. The van der Waals surface area contributed by atoms with Crippen LogP contribution in [0.1, 0.15) is 12.0 Å². The molecule has 0 fully saturated rings. The Labute approximate surface area is 93.2 Å². The quantitative estimate of drug-likeness (QED) is 0.590. The van der Waals surface area contributed by atoms with E-state index in [0.717, 1.165) is 17.1 Å². The van der Waals surface area contributed by atoms with E-state index in [1.54, 1.807) is 24.3 Å². The minimum absolute atomic E-state index is 0.348. The lowest BCUT2D eigenvalue weighted by Gasteiger charge is -2.07. The summed E-state index contributed by atoms with van der Waals surface area (Å²) in [7, 11) is 1.35. The molecule has 0 aliphatic rings. The van der Waals surface area contributed by atoms with Crippen molar-refractivity contribution in [2.24, 2.45) is 5.73 Å². The SMILES string of the molecule is COC(=O)C(N)CCSCc1ccoc1. The van der Waals surface area contributed by atoms with Crippen LogP contribution in [0.5, 0.6) is 0 Å². The molecule has 2 N–H and O–H groups in total. The number of thioether (sulfide) groups is 1. The van der Waals surface area contributed by atoms with Crippen molar-refractivity contribution in [1.29, 1.82) is 0 Å². The highest BCUT2D eigenvalue weighted by atomic mass is 32.2. The number of hydrogen-bond acceptors (Lipinski definition) is 5. The number of methoxy groups -OCH3 is 1. The molecule has 1 heterocycles. The van der Waals surface area contributed by atoms with Crippen LogP contribution in [-0.4, -0.2) is 24.9 Å². The average Bonchev–Trinajstić information content (AvgIpc) is 2.75. The Kier molecular flexibility index (Phi) is 5.28. The largest absolute Gasteiger partial charge is 0.472 e. The molecule has 1 rings (SSSR count). The monoisotopic (exact) mass is 229 g/mol. The number of esters is 1. The van der Waals surface area contributed by atoms with Gasteiger partial charge in [0.1, 0.15) is 6.04 Å². The fourth-order valence-electron chi connectivity index (χ4n) is 1.04. The number of hydrogen-bond donors (Lipinski definition) is 1. The molecular weight excluding hydrogens is 214 g/mol. The molecule has 0 aliphatic carbocycles. The average molecular weight is 229 g/mol. The number of carbonyl (C=O) groups is 1. The van der Waals surface area contributed by atoms with Gasteiger partial charge in [0, 0.05) is 11.3 Å². The zero-order chi connectivity index (χ0) is 11.1. The molecule has 5 heteroatoms. The Balaban J connectivity index is 2.09. The van der Waals surface area contributed by atoms with Gasteiger partial charge in [0.25, 0.3) is 0 Å². The number of furan rings is 1. The lowest BCUT2D eigenvalue weighted by Crippen LogP contribution is -2.31. The first-order valence-electron chi connectivity index (χ1n) is 4.66. The van der Waals surface area contributed by atoms with Gasteiger partial charge in [-0.25, -0.2) is 0 Å². The summed E-state index contributed by atoms with van der Waals surface area (Å²) in [5.41, 5.74) is 6.73. The second-order valence-electron chi connectivity index (χ2n) is 3.10. The van der Waals surface area contributed by atoms with Crippen molar-refractivity contribution >= 4 is 17.7 Å². The molecule has 84 valence electrons. The van der Waals surface area contributed by atoms with Crippen LogP contribution in [-0.2, 0) is 15.3 Å². The summed E-state index contributed by atoms with van der Waals surface area (Å²) in [6.07, 6.45) is 4.00. The van der Waals surface area contributed by atoms with Crippen LogP contribution < -0.4 is 5.73 Å². The molecule has 0 aliphatic heterocycles. The minimum Gasteiger partial charge on any atom is -0.472 e. The number of carbonyl (C=O) groups excluding carboxylic acids is 1. The topological polar surface area (TPSA) is 65.5 Å². The van der Waals surface area contributed by atoms with Crippen molar-refractivity contribution in [1.82, 2.24) is 0 Å². The first-order valence-corrected chi connectivity index (χ1v) is 5.81. The standard InChI is InChI=1S/C10H15NO3S/c1-13-10(12)9(11)3-5-15-7-8-2-4-14-6-8/h2,4,6,9H,3,5,7,11H2,1H3. The van der Waals surface area contributed by atoms with E-state index in [4.69, 9.17) is 10.2 Å². The van der Waals surface area contributed by atoms with E-state index in [0.29, 0.717) is 6.42 Å². The zero-order valence-electron chi connectivity index (χ0n) is 8.64. The van der Waals surface area contributed by atoms with Gasteiger partial charge in [-0.15, -0.1) is 0 Å². The van der Waals surface area contributed by atoms with Gasteiger partial charge in [-0.2, -0.15) is 11.8 Å². The third-order valence-corrected chi connectivity index (χ3v) is 2.99. The molecule has 0 saturated heterocycles. The smallest absolute Gasteiger partial charge is 0.322 e. The predicted octanol–water partition coefficient (Wildman–Crippen LogP) is 1.40. The highest BCUT2D eigenvalue weighted by Gasteiger charge is 2.12. The molecule has 0 saturated carbocycles. The van der Waals surface area contributed by atoms with E-state index in [1.807, 2.05) is 6.07 Å². The van der Waals surface area contributed by atoms with Crippen LogP contribution in [0.2, 0.25) is 0 Å². The van der Waals surface area contributed by atoms with Crippen molar-refractivity contribution in [3.63, 3.8) is 0 Å². The second-order valence-corrected chi connectivity index (χ2v) is 4.21. The summed E-state index contributed by atoms with van der Waals surface area (Å²) in [5.74, 6) is 1.37. The first-order chi connectivity index (χ1) is 7.24. The molecule has 1 atom stereocenters. The highest BCUT2D eigenvalue weighted by Crippen LogP contribution is 2.13. The Bertz CT molecular complexity index is 287. The number of nitrogens with two attached hydrogens (primary N) is 1. The van der Waals surface area contributed by atoms with Gasteiger partial charge in [-0.1, -0.05) is 0 Å². The van der Waals surface area contributed by atoms with Gasteiger partial charge >= 0.3 is 5.97 Å². The van der Waals surface area contributed by atoms with Crippen LogP contribution in [0.25, 0.3) is 0 Å². The van der Waals surface area contributed by atoms with Gasteiger partial charge < -0.3 is 14.9 Å². The fraction of sp³-hybridized carbons (Fsp3) is 0.500. The van der Waals surface area contributed by atoms with Crippen LogP contribution in [0.4, 0.5) is 0 Å². The lowest BCUT2D eigenvalue weighted by molar-refractivity contribution is -0.142. The van der Waals surface area contributed by atoms with E-state index in [2.05, 4.69) is 4.74 Å². The molecular formula is C10H15NO3S. The van der Waals surface area contributed by atoms with Crippen molar-refractivity contribution in [2.75, 3.05) is 12.9 Å². The Morgan fingerprint density at radius 1 is 1.73 bits per heavy atom. The van der Waals surface area contributed by atoms with Crippen molar-refractivity contribution in [3.8, 4) is 0 Å². The van der Waals surface area contributed by atoms with Gasteiger partial charge in [0.2, 0.25) is 0 Å². The lowest BCUT2D eigenvalue weighted by atomic mass is 10.2. The van der Waals surface area contributed by atoms with Gasteiger partial charge in [0.15, 0.2) is 0 Å². The van der Waals surface area contributed by atoms with Crippen LogP contribution in [0.3, 0.4) is 0 Å². The van der Waals surface area contributed by atoms with Crippen LogP contribution in [0.15, 0.2) is 23.0 Å². The van der Waals surface area contributed by atoms with Gasteiger partial charge in [-0.3, -0.25) is 4.79 Å². The van der Waals surface area contributed by atoms with Crippen molar-refractivity contribution in [2.45, 2.75) is 18.2 Å². The van der Waals surface area contributed by atoms with E-state index in [1.165, 1.54) is 7.11 Å². The normalized spacial score (nSPS) is 12.4. The van der Waals surface area contributed by atoms with Crippen molar-refractivity contribution in [3.05, 3.63) is 24.2 Å². The fourth-order valence-corrected chi connectivity index (χ4v) is 2.01. The van der Waals surface area contributed by atoms with Gasteiger partial charge in [0.05, 0.1) is 19.6 Å². The van der Waals surface area contributed by atoms with E-state index < -0.39 is 6.04 Å². The van der Waals surface area contributed by atoms with Crippen LogP contribution in [0, 0.1) is 0 Å². The molecule has 0 bridgehead atoms. The molecule has 1 aromatic rings. The molecule has 0 amide bonds. The zero-order valence-corrected chi connectivity index (χ0v) is 9.46. The summed E-state index contributed by atoms with van der Waals surface area (Å²) >= 11 is 1.72. The third kappa shape index (κ3) is 4.40. The maximum atomic E-state index is 11.0. The Morgan fingerprint density at radius 3 is 3.13 bits per heavy atom. The Hall–Kier alpha value is -0.940. The second kappa shape index (κ2) is 6.53. The molecule has 0 radical (unpaired) electrons. The molecule has 0 spiro atoms. The van der Waals surface area contributed by atoms with E-state index in [-0.39, 0.29) is 5.97 Å². The predicted molar refractivity (Wildman–Crippen MR) is 59.5 cm³/mol. The first kappa shape index (κ1) is 12.1. The maximum absolute atomic E-state index is 11.0. The van der Waals surface area contributed by atoms with E-state index in [9.17, 15) is 4.79 Å². The van der Waals surface area contributed by atoms with Crippen molar-refractivity contribution < 1.29 is 13.9 Å². The summed E-state index contributed by atoms with van der Waals surface area (Å²) < 4.78 is 9.46. The molecule has 1 unspecified atom stereocenters. The molecule has 1 aromatic heterocycles. The van der Waals surface area contributed by atoms with Gasteiger partial charge in [-0.05, 0) is 18.2 Å². The third-order valence-electron chi connectivity index (χ3n) is 1.93. The number of ether oxygens (including phenoxy) is 1. The molecule has 4 nitrogen and oxygen atoms in total.